The van der Waals surface area contributed by atoms with Crippen LogP contribution < -0.4 is 5.73 Å². The Morgan fingerprint density at radius 3 is 2.55 bits per heavy atom. The van der Waals surface area contributed by atoms with Gasteiger partial charge >= 0.3 is 0 Å². The Kier molecular flexibility index (Phi) is 3.43. The fourth-order valence-electron chi connectivity index (χ4n) is 2.18. The van der Waals surface area contributed by atoms with Crippen LogP contribution >= 0.6 is 22.6 Å². The van der Waals surface area contributed by atoms with Crippen LogP contribution in [-0.2, 0) is 7.05 Å². The van der Waals surface area contributed by atoms with Crippen molar-refractivity contribution in [1.29, 1.82) is 0 Å². The summed E-state index contributed by atoms with van der Waals surface area (Å²) in [6.45, 7) is 0. The zero-order chi connectivity index (χ0) is 14.1. The highest BCUT2D eigenvalue weighted by Crippen LogP contribution is 2.35. The quantitative estimate of drug-likeness (QED) is 0.698. The molecule has 20 heavy (non-hydrogen) atoms. The molecule has 0 saturated carbocycles. The van der Waals surface area contributed by atoms with E-state index in [1.807, 2.05) is 25.2 Å². The Morgan fingerprint density at radius 2 is 1.85 bits per heavy atom. The van der Waals surface area contributed by atoms with E-state index in [4.69, 9.17) is 5.73 Å². The van der Waals surface area contributed by atoms with E-state index >= 15 is 0 Å². The Labute approximate surface area is 130 Å². The van der Waals surface area contributed by atoms with E-state index in [-0.39, 0.29) is 0 Å². The summed E-state index contributed by atoms with van der Waals surface area (Å²) in [5, 5.41) is 4.57. The SMILES string of the molecule is Cn1nc(-c2cccc(I)c2)c(-c2ccncc2)c1N. The van der Waals surface area contributed by atoms with Crippen molar-refractivity contribution >= 4 is 28.4 Å². The zero-order valence-electron chi connectivity index (χ0n) is 10.9. The first-order valence-electron chi connectivity index (χ1n) is 6.15. The monoisotopic (exact) mass is 376 g/mol. The molecule has 0 aliphatic heterocycles. The highest BCUT2D eigenvalue weighted by Gasteiger charge is 2.17. The van der Waals surface area contributed by atoms with Crippen molar-refractivity contribution in [3.63, 3.8) is 0 Å². The molecule has 4 nitrogen and oxygen atoms in total. The molecule has 0 aliphatic rings. The summed E-state index contributed by atoms with van der Waals surface area (Å²) in [6, 6.07) is 12.1. The van der Waals surface area contributed by atoms with E-state index in [1.165, 1.54) is 3.57 Å². The van der Waals surface area contributed by atoms with E-state index in [1.54, 1.807) is 17.1 Å². The van der Waals surface area contributed by atoms with Gasteiger partial charge in [0.15, 0.2) is 0 Å². The van der Waals surface area contributed by atoms with Gasteiger partial charge in [-0.1, -0.05) is 12.1 Å². The average molecular weight is 376 g/mol. The normalized spacial score (nSPS) is 10.7. The molecule has 0 aliphatic carbocycles. The van der Waals surface area contributed by atoms with E-state index in [9.17, 15) is 0 Å². The number of pyridine rings is 1. The van der Waals surface area contributed by atoms with Crippen LogP contribution in [-0.4, -0.2) is 14.8 Å². The Bertz CT molecular complexity index is 750. The van der Waals surface area contributed by atoms with Crippen molar-refractivity contribution in [1.82, 2.24) is 14.8 Å². The molecule has 0 spiro atoms. The Balaban J connectivity index is 2.25. The molecule has 5 heteroatoms. The number of aromatic nitrogens is 3. The van der Waals surface area contributed by atoms with Crippen molar-refractivity contribution in [3.8, 4) is 22.4 Å². The number of hydrogen-bond donors (Lipinski definition) is 1. The van der Waals surface area contributed by atoms with Crippen LogP contribution in [0.25, 0.3) is 22.4 Å². The summed E-state index contributed by atoms with van der Waals surface area (Å²) in [6.07, 6.45) is 3.53. The molecular weight excluding hydrogens is 363 g/mol. The predicted molar refractivity (Wildman–Crippen MR) is 89.0 cm³/mol. The molecular formula is C15H13IN4. The number of halogens is 1. The Morgan fingerprint density at radius 1 is 1.10 bits per heavy atom. The van der Waals surface area contributed by atoms with Crippen LogP contribution in [0.5, 0.6) is 0 Å². The summed E-state index contributed by atoms with van der Waals surface area (Å²) in [5.74, 6) is 0.657. The minimum Gasteiger partial charge on any atom is -0.383 e. The second kappa shape index (κ2) is 5.24. The van der Waals surface area contributed by atoms with Crippen LogP contribution in [0.4, 0.5) is 5.82 Å². The van der Waals surface area contributed by atoms with Crippen molar-refractivity contribution in [2.24, 2.45) is 7.05 Å². The van der Waals surface area contributed by atoms with Gasteiger partial charge in [0.25, 0.3) is 0 Å². The lowest BCUT2D eigenvalue weighted by Crippen LogP contribution is -1.97. The molecule has 0 atom stereocenters. The van der Waals surface area contributed by atoms with Gasteiger partial charge in [0.1, 0.15) is 11.5 Å². The molecule has 0 radical (unpaired) electrons. The molecule has 2 heterocycles. The summed E-state index contributed by atoms with van der Waals surface area (Å²) in [7, 11) is 1.86. The van der Waals surface area contributed by atoms with Crippen molar-refractivity contribution in [2.75, 3.05) is 5.73 Å². The molecule has 0 saturated heterocycles. The van der Waals surface area contributed by atoms with Gasteiger partial charge in [-0.15, -0.1) is 0 Å². The lowest BCUT2D eigenvalue weighted by Gasteiger charge is -2.04. The summed E-state index contributed by atoms with van der Waals surface area (Å²) >= 11 is 2.30. The average Bonchev–Trinajstić information content (AvgIpc) is 2.76. The summed E-state index contributed by atoms with van der Waals surface area (Å²) in [5.41, 5.74) is 10.1. The molecule has 0 fully saturated rings. The molecule has 0 bridgehead atoms. The van der Waals surface area contributed by atoms with Gasteiger partial charge in [0.2, 0.25) is 0 Å². The molecule has 1 aromatic carbocycles. The van der Waals surface area contributed by atoms with E-state index in [0.29, 0.717) is 5.82 Å². The van der Waals surface area contributed by atoms with Crippen LogP contribution in [0.1, 0.15) is 0 Å². The third-order valence-electron chi connectivity index (χ3n) is 3.16. The van der Waals surface area contributed by atoms with Crippen molar-refractivity contribution < 1.29 is 0 Å². The summed E-state index contributed by atoms with van der Waals surface area (Å²) < 4.78 is 2.88. The molecule has 3 aromatic rings. The second-order valence-electron chi connectivity index (χ2n) is 4.48. The maximum Gasteiger partial charge on any atom is 0.129 e. The van der Waals surface area contributed by atoms with Gasteiger partial charge in [-0.05, 0) is 52.4 Å². The molecule has 2 aromatic heterocycles. The van der Waals surface area contributed by atoms with Gasteiger partial charge < -0.3 is 5.73 Å². The second-order valence-corrected chi connectivity index (χ2v) is 5.72. The number of aryl methyl sites for hydroxylation is 1. The molecule has 100 valence electrons. The van der Waals surface area contributed by atoms with Crippen LogP contribution in [0, 0.1) is 3.57 Å². The maximum absolute atomic E-state index is 6.19. The van der Waals surface area contributed by atoms with Crippen molar-refractivity contribution in [3.05, 3.63) is 52.4 Å². The largest absolute Gasteiger partial charge is 0.383 e. The number of anilines is 1. The van der Waals surface area contributed by atoms with Gasteiger partial charge in [0.05, 0.1) is 5.56 Å². The third-order valence-corrected chi connectivity index (χ3v) is 3.83. The number of hydrogen-bond acceptors (Lipinski definition) is 3. The fourth-order valence-corrected chi connectivity index (χ4v) is 2.72. The zero-order valence-corrected chi connectivity index (χ0v) is 13.1. The van der Waals surface area contributed by atoms with Gasteiger partial charge in [-0.25, -0.2) is 0 Å². The number of nitrogens with zero attached hydrogens (tertiary/aromatic N) is 3. The first-order valence-corrected chi connectivity index (χ1v) is 7.23. The van der Waals surface area contributed by atoms with Gasteiger partial charge in [-0.3, -0.25) is 9.67 Å². The first kappa shape index (κ1) is 13.1. The minimum atomic E-state index is 0.657. The van der Waals surface area contributed by atoms with E-state index in [2.05, 4.69) is 50.9 Å². The standard InChI is InChI=1S/C15H13IN4/c1-20-15(17)13(10-5-7-18-8-6-10)14(19-20)11-3-2-4-12(16)9-11/h2-9H,17H2,1H3. The van der Waals surface area contributed by atoms with Gasteiger partial charge in [0, 0.05) is 28.6 Å². The smallest absolute Gasteiger partial charge is 0.129 e. The third kappa shape index (κ3) is 2.29. The Hall–Kier alpha value is -1.89. The predicted octanol–water partition coefficient (Wildman–Crippen LogP) is 3.34. The first-order chi connectivity index (χ1) is 9.66. The number of benzene rings is 1. The summed E-state index contributed by atoms with van der Waals surface area (Å²) in [4.78, 5) is 4.05. The number of nitrogens with two attached hydrogens (primary N) is 1. The minimum absolute atomic E-state index is 0.657. The fraction of sp³-hybridized carbons (Fsp3) is 0.0667. The maximum atomic E-state index is 6.19. The van der Waals surface area contributed by atoms with E-state index < -0.39 is 0 Å². The highest BCUT2D eigenvalue weighted by atomic mass is 127. The number of nitrogen functional groups attached to an aromatic ring is 1. The molecule has 2 N–H and O–H groups in total. The lowest BCUT2D eigenvalue weighted by atomic mass is 10.0. The molecule has 0 unspecified atom stereocenters. The number of rotatable bonds is 2. The molecule has 0 amide bonds. The molecule has 3 rings (SSSR count). The van der Waals surface area contributed by atoms with Gasteiger partial charge in [-0.2, -0.15) is 5.10 Å². The van der Waals surface area contributed by atoms with Crippen molar-refractivity contribution in [2.45, 2.75) is 0 Å². The topological polar surface area (TPSA) is 56.7 Å². The lowest BCUT2D eigenvalue weighted by molar-refractivity contribution is 0.782. The highest BCUT2D eigenvalue weighted by molar-refractivity contribution is 14.1. The van der Waals surface area contributed by atoms with Crippen LogP contribution in [0.3, 0.4) is 0 Å². The van der Waals surface area contributed by atoms with Crippen LogP contribution in [0.15, 0.2) is 48.8 Å². The van der Waals surface area contributed by atoms with E-state index in [0.717, 1.165) is 22.4 Å². The van der Waals surface area contributed by atoms with Crippen LogP contribution in [0.2, 0.25) is 0 Å².